The van der Waals surface area contributed by atoms with Crippen molar-refractivity contribution in [1.82, 2.24) is 0 Å². The smallest absolute Gasteiger partial charge is 0.336 e. The van der Waals surface area contributed by atoms with E-state index < -0.39 is 17.8 Å². The molecule has 0 heterocycles. The second-order valence-corrected chi connectivity index (χ2v) is 8.04. The highest BCUT2D eigenvalue weighted by atomic mass is 16.4. The quantitative estimate of drug-likeness (QED) is 0.290. The molecule has 0 radical (unpaired) electrons. The Morgan fingerprint density at radius 1 is 0.583 bits per heavy atom. The number of carbonyl (C=O) groups excluding carboxylic acids is 2. The zero-order valence-electron chi connectivity index (χ0n) is 19.0. The highest BCUT2D eigenvalue weighted by Gasteiger charge is 2.21. The third kappa shape index (κ3) is 5.37. The summed E-state index contributed by atoms with van der Waals surface area (Å²) in [5, 5.41) is 22.0. The highest BCUT2D eigenvalue weighted by Crippen LogP contribution is 2.27. The van der Waals surface area contributed by atoms with Crippen molar-refractivity contribution < 1.29 is 29.4 Å². The number of para-hydroxylation sites is 1. The molecule has 1 amide bonds. The van der Waals surface area contributed by atoms with E-state index in [1.165, 1.54) is 30.3 Å². The average molecular weight is 479 g/mol. The van der Waals surface area contributed by atoms with Gasteiger partial charge < -0.3 is 15.5 Å². The van der Waals surface area contributed by atoms with Gasteiger partial charge in [-0.25, -0.2) is 9.59 Å². The molecule has 3 N–H and O–H groups in total. The number of hydrogen-bond acceptors (Lipinski definition) is 4. The molecule has 0 saturated heterocycles. The Kier molecular flexibility index (Phi) is 7.02. The summed E-state index contributed by atoms with van der Waals surface area (Å²) in [4.78, 5) is 49.5. The maximum atomic E-state index is 12.9. The Labute approximate surface area is 206 Å². The molecule has 4 rings (SSSR count). The highest BCUT2D eigenvalue weighted by molar-refractivity contribution is 6.12. The maximum Gasteiger partial charge on any atom is 0.336 e. The van der Waals surface area contributed by atoms with Crippen molar-refractivity contribution in [2.45, 2.75) is 6.42 Å². The van der Waals surface area contributed by atoms with Crippen LogP contribution in [0.4, 0.5) is 5.69 Å². The third-order valence-electron chi connectivity index (χ3n) is 5.62. The Bertz CT molecular complexity index is 1460. The van der Waals surface area contributed by atoms with Crippen molar-refractivity contribution in [3.63, 3.8) is 0 Å². The number of carboxylic acids is 2. The van der Waals surface area contributed by atoms with Crippen LogP contribution in [0.15, 0.2) is 97.1 Å². The molecule has 0 atom stereocenters. The number of carboxylic acid groups (broad SMARTS) is 2. The van der Waals surface area contributed by atoms with Crippen LogP contribution in [0.5, 0.6) is 0 Å². The van der Waals surface area contributed by atoms with Gasteiger partial charge in [0.2, 0.25) is 0 Å². The van der Waals surface area contributed by atoms with Crippen molar-refractivity contribution in [3.05, 3.63) is 125 Å². The summed E-state index contributed by atoms with van der Waals surface area (Å²) in [6, 6.07) is 26.2. The lowest BCUT2D eigenvalue weighted by atomic mass is 9.93. The van der Waals surface area contributed by atoms with Gasteiger partial charge in [0.25, 0.3) is 5.91 Å². The second kappa shape index (κ2) is 10.5. The van der Waals surface area contributed by atoms with Crippen LogP contribution in [-0.2, 0) is 6.42 Å². The number of benzene rings is 4. The fraction of sp³-hybridized carbons (Fsp3) is 0.0345. The van der Waals surface area contributed by atoms with Gasteiger partial charge in [-0.2, -0.15) is 0 Å². The van der Waals surface area contributed by atoms with Crippen LogP contribution in [0.1, 0.15) is 47.0 Å². The number of nitrogens with one attached hydrogen (secondary N) is 1. The van der Waals surface area contributed by atoms with Crippen LogP contribution >= 0.6 is 0 Å². The molecule has 0 aliphatic heterocycles. The normalized spacial score (nSPS) is 10.4. The number of Topliss-reactive ketones (excluding diaryl/α,β-unsaturated/α-hetero) is 1. The van der Waals surface area contributed by atoms with Gasteiger partial charge in [0.1, 0.15) is 0 Å². The summed E-state index contributed by atoms with van der Waals surface area (Å²) >= 11 is 0. The number of amides is 1. The van der Waals surface area contributed by atoms with Gasteiger partial charge in [-0.15, -0.1) is 0 Å². The summed E-state index contributed by atoms with van der Waals surface area (Å²) in [6.07, 6.45) is 0.0532. The first-order chi connectivity index (χ1) is 17.3. The maximum absolute atomic E-state index is 12.9. The van der Waals surface area contributed by atoms with Crippen LogP contribution < -0.4 is 5.32 Å². The molecule has 0 saturated carbocycles. The molecular weight excluding hydrogens is 458 g/mol. The van der Waals surface area contributed by atoms with Gasteiger partial charge in [0.05, 0.1) is 16.7 Å². The van der Waals surface area contributed by atoms with E-state index in [9.17, 15) is 29.4 Å². The van der Waals surface area contributed by atoms with Gasteiger partial charge >= 0.3 is 11.9 Å². The lowest BCUT2D eigenvalue weighted by Crippen LogP contribution is -2.16. The van der Waals surface area contributed by atoms with Gasteiger partial charge in [0, 0.05) is 17.7 Å². The largest absolute Gasteiger partial charge is 0.478 e. The molecule has 0 aliphatic rings. The first kappa shape index (κ1) is 24.1. The summed E-state index contributed by atoms with van der Waals surface area (Å²) in [6.45, 7) is 0. The van der Waals surface area contributed by atoms with Crippen molar-refractivity contribution in [3.8, 4) is 11.1 Å². The predicted molar refractivity (Wildman–Crippen MR) is 135 cm³/mol. The molecule has 178 valence electrons. The molecule has 4 aromatic carbocycles. The van der Waals surface area contributed by atoms with Gasteiger partial charge in [-0.3, -0.25) is 9.59 Å². The first-order valence-electron chi connectivity index (χ1n) is 11.0. The predicted octanol–water partition coefficient (Wildman–Crippen LogP) is 5.43. The number of carbonyl (C=O) groups is 4. The Balaban J connectivity index is 1.70. The van der Waals surface area contributed by atoms with E-state index in [2.05, 4.69) is 5.32 Å². The second-order valence-electron chi connectivity index (χ2n) is 8.04. The Hall–Kier alpha value is -5.04. The van der Waals surface area contributed by atoms with Crippen LogP contribution in [0.3, 0.4) is 0 Å². The molecule has 4 aromatic rings. The molecule has 0 spiro atoms. The van der Waals surface area contributed by atoms with E-state index in [-0.39, 0.29) is 34.5 Å². The third-order valence-corrected chi connectivity index (χ3v) is 5.62. The van der Waals surface area contributed by atoms with Crippen LogP contribution in [0.2, 0.25) is 0 Å². The van der Waals surface area contributed by atoms with Crippen LogP contribution in [-0.4, -0.2) is 33.8 Å². The lowest BCUT2D eigenvalue weighted by Gasteiger charge is -2.12. The van der Waals surface area contributed by atoms with Crippen molar-refractivity contribution in [2.75, 3.05) is 5.32 Å². The van der Waals surface area contributed by atoms with Gasteiger partial charge in [-0.1, -0.05) is 60.7 Å². The zero-order chi connectivity index (χ0) is 25.7. The number of ketones is 1. The van der Waals surface area contributed by atoms with E-state index in [0.29, 0.717) is 16.8 Å². The van der Waals surface area contributed by atoms with E-state index >= 15 is 0 Å². The molecule has 36 heavy (non-hydrogen) atoms. The molecule has 7 nitrogen and oxygen atoms in total. The van der Waals surface area contributed by atoms with E-state index in [1.54, 1.807) is 60.7 Å². The van der Waals surface area contributed by atoms with Crippen molar-refractivity contribution >= 4 is 29.3 Å². The molecular formula is C29H21NO6. The Morgan fingerprint density at radius 2 is 1.11 bits per heavy atom. The lowest BCUT2D eigenvalue weighted by molar-refractivity contribution is 0.0683. The molecule has 0 bridgehead atoms. The fourth-order valence-electron chi connectivity index (χ4n) is 3.84. The minimum absolute atomic E-state index is 0.0532. The summed E-state index contributed by atoms with van der Waals surface area (Å²) in [5.41, 5.74) is 1.74. The molecule has 0 aromatic heterocycles. The summed E-state index contributed by atoms with van der Waals surface area (Å²) in [7, 11) is 0. The monoisotopic (exact) mass is 479 g/mol. The number of hydrogen-bond donors (Lipinski definition) is 3. The van der Waals surface area contributed by atoms with Gasteiger partial charge in [-0.05, 0) is 53.1 Å². The molecule has 0 unspecified atom stereocenters. The van der Waals surface area contributed by atoms with E-state index in [4.69, 9.17) is 0 Å². The number of aromatic carboxylic acids is 2. The molecule has 7 heteroatoms. The van der Waals surface area contributed by atoms with E-state index in [1.807, 2.05) is 6.07 Å². The number of rotatable bonds is 8. The van der Waals surface area contributed by atoms with E-state index in [0.717, 1.165) is 5.56 Å². The molecule has 0 aliphatic carbocycles. The van der Waals surface area contributed by atoms with Crippen LogP contribution in [0.25, 0.3) is 11.1 Å². The summed E-state index contributed by atoms with van der Waals surface area (Å²) in [5.74, 6) is -3.49. The Morgan fingerprint density at radius 3 is 1.69 bits per heavy atom. The zero-order valence-corrected chi connectivity index (χ0v) is 19.0. The molecule has 0 fully saturated rings. The minimum atomic E-state index is -1.27. The SMILES string of the molecule is O=C(O)c1cc(-c2ccc(C(=O)O)c(C(=O)Nc3ccccc3)c2)ccc1C(=O)Cc1ccccc1. The average Bonchev–Trinajstić information content (AvgIpc) is 2.89. The fourth-order valence-corrected chi connectivity index (χ4v) is 3.84. The van der Waals surface area contributed by atoms with Crippen LogP contribution in [0, 0.1) is 0 Å². The number of anilines is 1. The topological polar surface area (TPSA) is 121 Å². The summed E-state index contributed by atoms with van der Waals surface area (Å²) < 4.78 is 0. The first-order valence-corrected chi connectivity index (χ1v) is 11.0. The standard InChI is InChI=1S/C29H21NO6/c31-26(15-18-7-3-1-4-8-18)22-13-11-20(17-25(22)29(35)36)19-12-14-23(28(33)34)24(16-19)27(32)30-21-9-5-2-6-10-21/h1-14,16-17H,15H2,(H,30,32)(H,33,34)(H,35,36). The minimum Gasteiger partial charge on any atom is -0.478 e. The van der Waals surface area contributed by atoms with Crippen molar-refractivity contribution in [2.24, 2.45) is 0 Å². The van der Waals surface area contributed by atoms with Gasteiger partial charge in [0.15, 0.2) is 5.78 Å². The van der Waals surface area contributed by atoms with Crippen molar-refractivity contribution in [1.29, 1.82) is 0 Å².